The van der Waals surface area contributed by atoms with E-state index in [9.17, 15) is 0 Å². The molecule has 1 aromatic heterocycles. The van der Waals surface area contributed by atoms with Crippen LogP contribution in [0.5, 0.6) is 0 Å². The van der Waals surface area contributed by atoms with Gasteiger partial charge in [0.1, 0.15) is 0 Å². The van der Waals surface area contributed by atoms with Crippen LogP contribution in [0.2, 0.25) is 0 Å². The number of aromatic amines is 1. The molecular weight excluding hydrogens is 198 g/mol. The van der Waals surface area contributed by atoms with E-state index in [1.807, 2.05) is 12.3 Å². The molecule has 1 atom stereocenters. The summed E-state index contributed by atoms with van der Waals surface area (Å²) in [6, 6.07) is 4.19. The quantitative estimate of drug-likeness (QED) is 0.661. The zero-order valence-corrected chi connectivity index (χ0v) is 10.7. The highest BCUT2D eigenvalue weighted by atomic mass is 14.9. The van der Waals surface area contributed by atoms with Crippen LogP contribution in [0.1, 0.15) is 32.9 Å². The first-order chi connectivity index (χ1) is 7.60. The molecule has 0 amide bonds. The van der Waals surface area contributed by atoms with Crippen molar-refractivity contribution in [2.24, 2.45) is 11.7 Å². The number of aromatic nitrogens is 1. The van der Waals surface area contributed by atoms with E-state index in [0.29, 0.717) is 5.92 Å². The molecule has 0 spiro atoms. The maximum atomic E-state index is 5.68. The van der Waals surface area contributed by atoms with Gasteiger partial charge in [0.25, 0.3) is 0 Å². The predicted octanol–water partition coefficient (Wildman–Crippen LogP) is 1.87. The van der Waals surface area contributed by atoms with Crippen molar-refractivity contribution in [2.75, 3.05) is 19.6 Å². The van der Waals surface area contributed by atoms with Crippen LogP contribution < -0.4 is 11.1 Å². The highest BCUT2D eigenvalue weighted by Crippen LogP contribution is 2.19. The second kappa shape index (κ2) is 6.06. The molecule has 0 aliphatic carbocycles. The third kappa shape index (κ3) is 3.65. The molecule has 0 aliphatic rings. The molecule has 1 heterocycles. The van der Waals surface area contributed by atoms with Gasteiger partial charge in [-0.3, -0.25) is 0 Å². The first-order valence-corrected chi connectivity index (χ1v) is 6.14. The number of hydrogen-bond donors (Lipinski definition) is 3. The topological polar surface area (TPSA) is 53.8 Å². The summed E-state index contributed by atoms with van der Waals surface area (Å²) in [5.41, 5.74) is 7.11. The van der Waals surface area contributed by atoms with Gasteiger partial charge in [0, 0.05) is 23.9 Å². The molecule has 3 heteroatoms. The van der Waals surface area contributed by atoms with Crippen LogP contribution in [0, 0.1) is 5.92 Å². The first-order valence-electron chi connectivity index (χ1n) is 6.14. The van der Waals surface area contributed by atoms with Crippen LogP contribution in [0.25, 0.3) is 0 Å². The van der Waals surface area contributed by atoms with Crippen LogP contribution in [0.15, 0.2) is 18.3 Å². The van der Waals surface area contributed by atoms with Crippen LogP contribution in [0.4, 0.5) is 0 Å². The molecule has 0 radical (unpaired) electrons. The number of nitrogens with one attached hydrogen (secondary N) is 2. The molecule has 4 N–H and O–H groups in total. The Balaban J connectivity index is 2.37. The summed E-state index contributed by atoms with van der Waals surface area (Å²) in [4.78, 5) is 3.28. The van der Waals surface area contributed by atoms with Gasteiger partial charge in [-0.05, 0) is 31.1 Å². The van der Waals surface area contributed by atoms with Gasteiger partial charge in [-0.15, -0.1) is 0 Å². The Morgan fingerprint density at radius 3 is 2.75 bits per heavy atom. The average Bonchev–Trinajstić information content (AvgIpc) is 2.78. The van der Waals surface area contributed by atoms with Gasteiger partial charge in [0.15, 0.2) is 0 Å². The van der Waals surface area contributed by atoms with Gasteiger partial charge in [-0.25, -0.2) is 0 Å². The molecule has 92 valence electrons. The standard InChI is InChI=1S/C13H25N3/c1-4-11(8-14)9-15-10-13(2,3)12-6-5-7-16-12/h5-7,11,15-16H,4,8-10,14H2,1-3H3. The normalized spacial score (nSPS) is 14.0. The lowest BCUT2D eigenvalue weighted by Crippen LogP contribution is -2.37. The van der Waals surface area contributed by atoms with E-state index in [1.165, 1.54) is 5.69 Å². The molecule has 0 aromatic carbocycles. The Morgan fingerprint density at radius 1 is 1.50 bits per heavy atom. The SMILES string of the molecule is CCC(CN)CNCC(C)(C)c1ccc[nH]1. The minimum absolute atomic E-state index is 0.149. The van der Waals surface area contributed by atoms with Gasteiger partial charge in [-0.1, -0.05) is 27.2 Å². The van der Waals surface area contributed by atoms with E-state index in [4.69, 9.17) is 5.73 Å². The van der Waals surface area contributed by atoms with E-state index in [1.54, 1.807) is 0 Å². The molecule has 0 aliphatic heterocycles. The van der Waals surface area contributed by atoms with Gasteiger partial charge < -0.3 is 16.0 Å². The molecule has 1 unspecified atom stereocenters. The van der Waals surface area contributed by atoms with Crippen LogP contribution in [-0.2, 0) is 5.41 Å². The zero-order chi connectivity index (χ0) is 12.0. The monoisotopic (exact) mass is 223 g/mol. The number of rotatable bonds is 7. The lowest BCUT2D eigenvalue weighted by molar-refractivity contribution is 0.410. The zero-order valence-electron chi connectivity index (χ0n) is 10.7. The fraction of sp³-hybridized carbons (Fsp3) is 0.692. The van der Waals surface area contributed by atoms with Crippen molar-refractivity contribution in [3.63, 3.8) is 0 Å². The van der Waals surface area contributed by atoms with Crippen LogP contribution in [0.3, 0.4) is 0 Å². The molecule has 0 fully saturated rings. The summed E-state index contributed by atoms with van der Waals surface area (Å²) in [6.45, 7) is 9.44. The average molecular weight is 223 g/mol. The minimum atomic E-state index is 0.149. The molecular formula is C13H25N3. The first kappa shape index (κ1) is 13.3. The molecule has 3 nitrogen and oxygen atoms in total. The van der Waals surface area contributed by atoms with Crippen molar-refractivity contribution >= 4 is 0 Å². The summed E-state index contributed by atoms with van der Waals surface area (Å²) in [7, 11) is 0. The lowest BCUT2D eigenvalue weighted by Gasteiger charge is -2.25. The van der Waals surface area contributed by atoms with Crippen molar-refractivity contribution in [3.05, 3.63) is 24.0 Å². The van der Waals surface area contributed by atoms with E-state index < -0.39 is 0 Å². The third-order valence-corrected chi connectivity index (χ3v) is 3.24. The molecule has 0 saturated heterocycles. The highest BCUT2D eigenvalue weighted by Gasteiger charge is 2.21. The number of nitrogens with two attached hydrogens (primary N) is 1. The molecule has 0 bridgehead atoms. The van der Waals surface area contributed by atoms with E-state index in [-0.39, 0.29) is 5.41 Å². The Kier molecular flexibility index (Phi) is 5.03. The Hall–Kier alpha value is -0.800. The minimum Gasteiger partial charge on any atom is -0.365 e. The summed E-state index contributed by atoms with van der Waals surface area (Å²) in [6.07, 6.45) is 3.12. The molecule has 1 aromatic rings. The number of H-pyrrole nitrogens is 1. The summed E-state index contributed by atoms with van der Waals surface area (Å²) in [5, 5.41) is 3.52. The van der Waals surface area contributed by atoms with Gasteiger partial charge in [0.05, 0.1) is 0 Å². The van der Waals surface area contributed by atoms with Crippen molar-refractivity contribution in [3.8, 4) is 0 Å². The Bertz CT molecular complexity index is 273. The van der Waals surface area contributed by atoms with Crippen LogP contribution in [-0.4, -0.2) is 24.6 Å². The highest BCUT2D eigenvalue weighted by molar-refractivity contribution is 5.15. The molecule has 1 rings (SSSR count). The smallest absolute Gasteiger partial charge is 0.0217 e. The molecule has 0 saturated carbocycles. The van der Waals surface area contributed by atoms with Crippen molar-refractivity contribution in [1.82, 2.24) is 10.3 Å². The fourth-order valence-electron chi connectivity index (χ4n) is 1.83. The molecule has 16 heavy (non-hydrogen) atoms. The van der Waals surface area contributed by atoms with E-state index in [0.717, 1.165) is 26.1 Å². The van der Waals surface area contributed by atoms with Gasteiger partial charge >= 0.3 is 0 Å². The largest absolute Gasteiger partial charge is 0.365 e. The Labute approximate surface area is 98.8 Å². The Morgan fingerprint density at radius 2 is 2.25 bits per heavy atom. The van der Waals surface area contributed by atoms with Crippen LogP contribution >= 0.6 is 0 Å². The fourth-order valence-corrected chi connectivity index (χ4v) is 1.83. The van der Waals surface area contributed by atoms with Gasteiger partial charge in [0.2, 0.25) is 0 Å². The van der Waals surface area contributed by atoms with Crippen molar-refractivity contribution in [1.29, 1.82) is 0 Å². The summed E-state index contributed by atoms with van der Waals surface area (Å²) in [5.74, 6) is 0.597. The maximum Gasteiger partial charge on any atom is 0.0217 e. The predicted molar refractivity (Wildman–Crippen MR) is 69.5 cm³/mol. The maximum absolute atomic E-state index is 5.68. The van der Waals surface area contributed by atoms with E-state index in [2.05, 4.69) is 37.1 Å². The van der Waals surface area contributed by atoms with Crippen molar-refractivity contribution in [2.45, 2.75) is 32.6 Å². The second-order valence-corrected chi connectivity index (χ2v) is 5.11. The number of hydrogen-bond acceptors (Lipinski definition) is 2. The van der Waals surface area contributed by atoms with Gasteiger partial charge in [-0.2, -0.15) is 0 Å². The lowest BCUT2D eigenvalue weighted by atomic mass is 9.89. The second-order valence-electron chi connectivity index (χ2n) is 5.11. The third-order valence-electron chi connectivity index (χ3n) is 3.24. The van der Waals surface area contributed by atoms with Crippen molar-refractivity contribution < 1.29 is 0 Å². The van der Waals surface area contributed by atoms with E-state index >= 15 is 0 Å². The summed E-state index contributed by atoms with van der Waals surface area (Å²) < 4.78 is 0. The summed E-state index contributed by atoms with van der Waals surface area (Å²) >= 11 is 0.